The summed E-state index contributed by atoms with van der Waals surface area (Å²) in [5.41, 5.74) is 1.84. The first kappa shape index (κ1) is 23.0. The predicted molar refractivity (Wildman–Crippen MR) is 134 cm³/mol. The molecule has 5 rings (SSSR count). The average molecular weight is 539 g/mol. The Balaban J connectivity index is 1.25. The normalized spacial score (nSPS) is 16.2. The number of nitrogens with zero attached hydrogens (tertiary/aromatic N) is 5. The van der Waals surface area contributed by atoms with Crippen molar-refractivity contribution in [1.82, 2.24) is 29.7 Å². The number of carbonyl (C=O) groups is 1. The third kappa shape index (κ3) is 5.14. The van der Waals surface area contributed by atoms with Crippen LogP contribution in [0.1, 0.15) is 18.5 Å². The second-order valence-corrected chi connectivity index (χ2v) is 11.9. The molecule has 3 aromatic heterocycles. The van der Waals surface area contributed by atoms with Gasteiger partial charge in [0.2, 0.25) is 0 Å². The van der Waals surface area contributed by atoms with E-state index in [4.69, 9.17) is 4.98 Å². The van der Waals surface area contributed by atoms with E-state index < -0.39 is 15.8 Å². The van der Waals surface area contributed by atoms with Crippen molar-refractivity contribution < 1.29 is 9.90 Å². The number of aryl methyl sites for hydroxylation is 1. The fraction of sp³-hybridized carbons (Fsp3) is 0.304. The molecule has 34 heavy (non-hydrogen) atoms. The molecule has 1 fully saturated rings. The molecule has 4 heterocycles. The van der Waals surface area contributed by atoms with Gasteiger partial charge in [-0.3, -0.25) is 0 Å². The number of hydrogen-bond acceptors (Lipinski definition) is 7. The number of amides is 1. The zero-order chi connectivity index (χ0) is 23.5. The Morgan fingerprint density at radius 1 is 1.32 bits per heavy atom. The van der Waals surface area contributed by atoms with Crippen molar-refractivity contribution in [2.75, 3.05) is 18.5 Å². The van der Waals surface area contributed by atoms with Crippen molar-refractivity contribution in [2.24, 2.45) is 0 Å². The van der Waals surface area contributed by atoms with Gasteiger partial charge in [0.25, 0.3) is 0 Å². The van der Waals surface area contributed by atoms with E-state index in [-0.39, 0.29) is 18.6 Å². The molecule has 1 aliphatic rings. The van der Waals surface area contributed by atoms with Gasteiger partial charge in [0, 0.05) is 0 Å². The SMILES string of the molecule is Cc1cc(Nc2nc(Sc3ccc([AsH]CC(=O)N4CCC[C@H]4CO)cc3)nn3cccc23)n[nH]1. The zero-order valence-electron chi connectivity index (χ0n) is 18.7. The van der Waals surface area contributed by atoms with E-state index in [1.54, 1.807) is 4.52 Å². The monoisotopic (exact) mass is 539 g/mol. The van der Waals surface area contributed by atoms with Crippen molar-refractivity contribution in [3.63, 3.8) is 0 Å². The number of hydrogen-bond donors (Lipinski definition) is 3. The Morgan fingerprint density at radius 3 is 2.94 bits per heavy atom. The number of likely N-dealkylation sites (tertiary alicyclic amines) is 1. The van der Waals surface area contributed by atoms with Crippen LogP contribution in [0.25, 0.3) is 5.52 Å². The fourth-order valence-corrected chi connectivity index (χ4v) is 6.80. The number of nitrogens with one attached hydrogen (secondary N) is 2. The molecule has 3 N–H and O–H groups in total. The molecular weight excluding hydrogens is 513 g/mol. The van der Waals surface area contributed by atoms with Crippen LogP contribution in [0.4, 0.5) is 11.6 Å². The van der Waals surface area contributed by atoms with E-state index in [9.17, 15) is 9.90 Å². The maximum absolute atomic E-state index is 12.6. The van der Waals surface area contributed by atoms with E-state index in [0.717, 1.165) is 35.5 Å². The maximum atomic E-state index is 12.6. The van der Waals surface area contributed by atoms with Crippen LogP contribution in [0, 0.1) is 6.92 Å². The molecule has 0 aliphatic carbocycles. The Kier molecular flexibility index (Phi) is 6.89. The van der Waals surface area contributed by atoms with Gasteiger partial charge in [-0.1, -0.05) is 0 Å². The van der Waals surface area contributed by atoms with Crippen LogP contribution < -0.4 is 9.67 Å². The van der Waals surface area contributed by atoms with Crippen LogP contribution in [0.3, 0.4) is 0 Å². The number of carbonyl (C=O) groups excluding carboxylic acids is 1. The number of H-pyrrole nitrogens is 1. The van der Waals surface area contributed by atoms with Crippen molar-refractivity contribution >= 4 is 54.9 Å². The number of aromatic nitrogens is 5. The van der Waals surface area contributed by atoms with Gasteiger partial charge in [0.1, 0.15) is 0 Å². The topological polar surface area (TPSA) is 111 Å². The van der Waals surface area contributed by atoms with Crippen molar-refractivity contribution in [1.29, 1.82) is 0 Å². The molecule has 2 atom stereocenters. The summed E-state index contributed by atoms with van der Waals surface area (Å²) in [6.45, 7) is 2.79. The molecule has 0 spiro atoms. The molecule has 1 unspecified atom stereocenters. The number of anilines is 2. The minimum absolute atomic E-state index is 0.00643. The molecule has 0 bridgehead atoms. The van der Waals surface area contributed by atoms with Gasteiger partial charge in [-0.2, -0.15) is 0 Å². The molecule has 4 aromatic rings. The average Bonchev–Trinajstić information content (AvgIpc) is 3.59. The quantitative estimate of drug-likeness (QED) is 0.294. The van der Waals surface area contributed by atoms with E-state index in [1.165, 1.54) is 16.1 Å². The summed E-state index contributed by atoms with van der Waals surface area (Å²) in [4.78, 5) is 20.2. The van der Waals surface area contributed by atoms with Gasteiger partial charge >= 0.3 is 201 Å². The summed E-state index contributed by atoms with van der Waals surface area (Å²) < 4.78 is 3.04. The molecule has 1 saturated heterocycles. The summed E-state index contributed by atoms with van der Waals surface area (Å²) in [7, 11) is 0. The zero-order valence-corrected chi connectivity index (χ0v) is 21.6. The van der Waals surface area contributed by atoms with Crippen LogP contribution in [0.5, 0.6) is 0 Å². The standard InChI is InChI=1S/C23H26AsN7O2S/c1-15-12-20(28-27-15)25-22-19-5-3-11-31(19)29-23(26-22)34-18-8-6-16(7-9-18)24-13-21(33)30-10-2-4-17(30)14-32/h3,5-9,11-12,17,24,32H,2,4,10,13-14H2,1H3,(H2,25,26,27,28,29)/t17-/m0/s1. The second-order valence-electron chi connectivity index (χ2n) is 8.19. The van der Waals surface area contributed by atoms with Gasteiger partial charge < -0.3 is 0 Å². The van der Waals surface area contributed by atoms with Crippen LogP contribution in [0.2, 0.25) is 5.21 Å². The van der Waals surface area contributed by atoms with Crippen molar-refractivity contribution in [3.05, 3.63) is 54.4 Å². The molecule has 1 amide bonds. The molecular formula is C23H26AsN7O2S. The Morgan fingerprint density at radius 2 is 2.18 bits per heavy atom. The van der Waals surface area contributed by atoms with Gasteiger partial charge in [-0.25, -0.2) is 0 Å². The summed E-state index contributed by atoms with van der Waals surface area (Å²) >= 11 is 0.926. The summed E-state index contributed by atoms with van der Waals surface area (Å²) in [6.07, 6.45) is 3.79. The molecule has 9 nitrogen and oxygen atoms in total. The number of rotatable bonds is 8. The first-order chi connectivity index (χ1) is 16.6. The van der Waals surface area contributed by atoms with Gasteiger partial charge in [0.05, 0.1) is 0 Å². The summed E-state index contributed by atoms with van der Waals surface area (Å²) in [5.74, 6) is 1.58. The molecule has 0 radical (unpaired) electrons. The van der Waals surface area contributed by atoms with Gasteiger partial charge in [0.15, 0.2) is 0 Å². The number of aliphatic hydroxyl groups is 1. The van der Waals surface area contributed by atoms with Gasteiger partial charge in [-0.15, -0.1) is 0 Å². The summed E-state index contributed by atoms with van der Waals surface area (Å²) in [5, 5.41) is 25.7. The molecule has 0 saturated carbocycles. The van der Waals surface area contributed by atoms with E-state index in [0.29, 0.717) is 22.0 Å². The molecule has 1 aromatic carbocycles. The molecule has 11 heteroatoms. The van der Waals surface area contributed by atoms with Crippen LogP contribution in [-0.2, 0) is 4.79 Å². The predicted octanol–water partition coefficient (Wildman–Crippen LogP) is 2.12. The second kappa shape index (κ2) is 10.2. The number of aliphatic hydroxyl groups excluding tert-OH is 1. The van der Waals surface area contributed by atoms with Crippen LogP contribution in [-0.4, -0.2) is 75.7 Å². The number of benzene rings is 1. The minimum atomic E-state index is -0.566. The first-order valence-electron chi connectivity index (χ1n) is 11.2. The molecule has 176 valence electrons. The van der Waals surface area contributed by atoms with Crippen molar-refractivity contribution in [3.8, 4) is 0 Å². The van der Waals surface area contributed by atoms with Gasteiger partial charge in [-0.05, 0) is 6.92 Å². The van der Waals surface area contributed by atoms with E-state index in [2.05, 4.69) is 44.9 Å². The molecule has 1 aliphatic heterocycles. The van der Waals surface area contributed by atoms with E-state index >= 15 is 0 Å². The fourth-order valence-electron chi connectivity index (χ4n) is 4.03. The van der Waals surface area contributed by atoms with E-state index in [1.807, 2.05) is 36.2 Å². The third-order valence-corrected chi connectivity index (χ3v) is 9.16. The Hall–Kier alpha value is -2.81. The van der Waals surface area contributed by atoms with Crippen LogP contribution in [0.15, 0.2) is 58.7 Å². The Labute approximate surface area is 208 Å². The first-order valence-corrected chi connectivity index (χ1v) is 14.5. The summed E-state index contributed by atoms with van der Waals surface area (Å²) in [6, 6.07) is 14.2. The number of fused-ring (bicyclic) bond motifs is 1. The Bertz CT molecular complexity index is 1290. The number of aromatic amines is 1. The third-order valence-electron chi connectivity index (χ3n) is 5.74. The van der Waals surface area contributed by atoms with Crippen molar-refractivity contribution in [2.45, 2.75) is 41.1 Å². The van der Waals surface area contributed by atoms with Crippen LogP contribution >= 0.6 is 11.8 Å².